The molecule has 0 spiro atoms. The summed E-state index contributed by atoms with van der Waals surface area (Å²) in [4.78, 5) is 9.91. The average Bonchev–Trinajstić information content (AvgIpc) is 3.46. The summed E-state index contributed by atoms with van der Waals surface area (Å²) in [7, 11) is 2.22. The summed E-state index contributed by atoms with van der Waals surface area (Å²) >= 11 is 3.60. The number of likely N-dealkylation sites (N-methyl/N-ethyl adjacent to an activating group) is 1. The molecule has 0 atom stereocenters. The van der Waals surface area contributed by atoms with Crippen LogP contribution in [0.4, 0.5) is 0 Å². The van der Waals surface area contributed by atoms with Gasteiger partial charge in [0, 0.05) is 42.6 Å². The molecule has 2 aliphatic rings. The molecule has 150 valence electrons. The Morgan fingerprint density at radius 3 is 2.78 bits per heavy atom. The van der Waals surface area contributed by atoms with E-state index in [4.69, 9.17) is 4.99 Å². The molecular formula is C21H34BrN5. The number of guanidine groups is 1. The first-order chi connectivity index (χ1) is 13.1. The zero-order valence-corrected chi connectivity index (χ0v) is 18.4. The molecule has 1 aromatic carbocycles. The van der Waals surface area contributed by atoms with Crippen LogP contribution >= 0.6 is 15.9 Å². The number of benzene rings is 1. The Bertz CT molecular complexity index is 629. The normalized spacial score (nSPS) is 20.9. The first-order valence-electron chi connectivity index (χ1n) is 10.3. The van der Waals surface area contributed by atoms with Crippen LogP contribution in [0.2, 0.25) is 0 Å². The van der Waals surface area contributed by atoms with Crippen LogP contribution in [0.5, 0.6) is 0 Å². The molecule has 5 nitrogen and oxygen atoms in total. The second-order valence-corrected chi connectivity index (χ2v) is 8.83. The molecule has 0 amide bonds. The van der Waals surface area contributed by atoms with E-state index in [2.05, 4.69) is 74.6 Å². The second-order valence-electron chi connectivity index (χ2n) is 7.91. The van der Waals surface area contributed by atoms with Crippen LogP contribution in [0.1, 0.15) is 31.7 Å². The largest absolute Gasteiger partial charge is 0.357 e. The van der Waals surface area contributed by atoms with Crippen molar-refractivity contribution in [3.63, 3.8) is 0 Å². The third-order valence-corrected chi connectivity index (χ3v) is 6.20. The minimum absolute atomic E-state index is 0.238. The zero-order chi connectivity index (χ0) is 19.1. The summed E-state index contributed by atoms with van der Waals surface area (Å²) in [5.41, 5.74) is 1.65. The number of nitrogens with zero attached hydrogens (tertiary/aromatic N) is 3. The summed E-state index contributed by atoms with van der Waals surface area (Å²) < 4.78 is 1.16. The molecule has 1 saturated carbocycles. The molecule has 0 radical (unpaired) electrons. The highest BCUT2D eigenvalue weighted by molar-refractivity contribution is 9.10. The van der Waals surface area contributed by atoms with E-state index in [1.807, 2.05) is 0 Å². The summed E-state index contributed by atoms with van der Waals surface area (Å²) in [6.07, 6.45) is 3.72. The zero-order valence-electron chi connectivity index (χ0n) is 16.8. The van der Waals surface area contributed by atoms with Gasteiger partial charge in [-0.1, -0.05) is 28.1 Å². The predicted octanol–water partition coefficient (Wildman–Crippen LogP) is 2.67. The van der Waals surface area contributed by atoms with Crippen LogP contribution in [0.25, 0.3) is 0 Å². The van der Waals surface area contributed by atoms with Gasteiger partial charge < -0.3 is 20.4 Å². The van der Waals surface area contributed by atoms with E-state index in [1.54, 1.807) is 0 Å². The fourth-order valence-corrected chi connectivity index (χ4v) is 4.13. The van der Waals surface area contributed by atoms with Crippen LogP contribution in [0.3, 0.4) is 0 Å². The Morgan fingerprint density at radius 1 is 1.19 bits per heavy atom. The molecule has 1 aliphatic carbocycles. The van der Waals surface area contributed by atoms with Gasteiger partial charge in [0.15, 0.2) is 5.96 Å². The van der Waals surface area contributed by atoms with E-state index >= 15 is 0 Å². The van der Waals surface area contributed by atoms with Gasteiger partial charge >= 0.3 is 0 Å². The minimum atomic E-state index is 0.238. The highest BCUT2D eigenvalue weighted by Gasteiger charge is 2.44. The molecule has 27 heavy (non-hydrogen) atoms. The van der Waals surface area contributed by atoms with Gasteiger partial charge in [0.1, 0.15) is 0 Å². The maximum atomic E-state index is 4.92. The molecule has 0 unspecified atom stereocenters. The van der Waals surface area contributed by atoms with Crippen LogP contribution in [0, 0.1) is 0 Å². The van der Waals surface area contributed by atoms with Crippen LogP contribution in [0.15, 0.2) is 33.7 Å². The van der Waals surface area contributed by atoms with Gasteiger partial charge in [0.25, 0.3) is 0 Å². The molecule has 3 rings (SSSR count). The average molecular weight is 436 g/mol. The number of aliphatic imine (C=N–C) groups is 1. The van der Waals surface area contributed by atoms with Crippen molar-refractivity contribution in [2.45, 2.75) is 31.6 Å². The molecule has 6 heteroatoms. The van der Waals surface area contributed by atoms with Gasteiger partial charge in [0.2, 0.25) is 0 Å². The van der Waals surface area contributed by atoms with Crippen molar-refractivity contribution in [1.82, 2.24) is 20.4 Å². The van der Waals surface area contributed by atoms with Gasteiger partial charge in [-0.05, 0) is 64.0 Å². The summed E-state index contributed by atoms with van der Waals surface area (Å²) in [5.74, 6) is 0.950. The summed E-state index contributed by atoms with van der Waals surface area (Å²) in [6.45, 7) is 10.6. The molecule has 1 aliphatic heterocycles. The van der Waals surface area contributed by atoms with Gasteiger partial charge in [-0.2, -0.15) is 0 Å². The first-order valence-corrected chi connectivity index (χ1v) is 11.1. The molecule has 1 aromatic rings. The summed E-state index contributed by atoms with van der Waals surface area (Å²) in [6, 6.07) is 8.71. The molecule has 2 fully saturated rings. The van der Waals surface area contributed by atoms with Gasteiger partial charge in [0.05, 0.1) is 6.54 Å². The fraction of sp³-hybridized carbons (Fsp3) is 0.667. The molecule has 1 saturated heterocycles. The van der Waals surface area contributed by atoms with Crippen LogP contribution in [-0.2, 0) is 5.41 Å². The van der Waals surface area contributed by atoms with Crippen molar-refractivity contribution in [3.05, 3.63) is 34.3 Å². The Balaban J connectivity index is 1.51. The number of halogens is 1. The highest BCUT2D eigenvalue weighted by Crippen LogP contribution is 2.48. The Labute approximate surface area is 172 Å². The van der Waals surface area contributed by atoms with Gasteiger partial charge in [-0.25, -0.2) is 0 Å². The van der Waals surface area contributed by atoms with E-state index in [0.717, 1.165) is 43.2 Å². The quantitative estimate of drug-likeness (QED) is 0.510. The Morgan fingerprint density at radius 2 is 2.04 bits per heavy atom. The van der Waals surface area contributed by atoms with E-state index < -0.39 is 0 Å². The van der Waals surface area contributed by atoms with E-state index in [1.165, 1.54) is 44.5 Å². The van der Waals surface area contributed by atoms with Crippen LogP contribution < -0.4 is 10.6 Å². The molecule has 0 aromatic heterocycles. The predicted molar refractivity (Wildman–Crippen MR) is 118 cm³/mol. The maximum Gasteiger partial charge on any atom is 0.191 e. The Hall–Kier alpha value is -1.11. The van der Waals surface area contributed by atoms with Crippen molar-refractivity contribution < 1.29 is 0 Å². The third kappa shape index (κ3) is 6.19. The third-order valence-electron chi connectivity index (χ3n) is 5.71. The van der Waals surface area contributed by atoms with Crippen molar-refractivity contribution in [3.8, 4) is 0 Å². The lowest BCUT2D eigenvalue weighted by Crippen LogP contribution is -2.42. The highest BCUT2D eigenvalue weighted by atomic mass is 79.9. The lowest BCUT2D eigenvalue weighted by atomic mass is 9.96. The fourth-order valence-electron chi connectivity index (χ4n) is 3.74. The lowest BCUT2D eigenvalue weighted by molar-refractivity contribution is 0.280. The molecule has 1 heterocycles. The SMILES string of the molecule is CCNC(=NCC1(c2cccc(Br)c2)CC1)NCCN1CCCN(C)CC1. The number of hydrogen-bond donors (Lipinski definition) is 2. The number of hydrogen-bond acceptors (Lipinski definition) is 3. The first kappa shape index (κ1) is 20.6. The summed E-state index contributed by atoms with van der Waals surface area (Å²) in [5, 5.41) is 6.94. The monoisotopic (exact) mass is 435 g/mol. The van der Waals surface area contributed by atoms with Gasteiger partial charge in [-0.3, -0.25) is 4.99 Å². The topological polar surface area (TPSA) is 42.9 Å². The minimum Gasteiger partial charge on any atom is -0.357 e. The molecule has 2 N–H and O–H groups in total. The molecular weight excluding hydrogens is 402 g/mol. The number of nitrogens with one attached hydrogen (secondary N) is 2. The van der Waals surface area contributed by atoms with E-state index in [0.29, 0.717) is 0 Å². The van der Waals surface area contributed by atoms with Crippen molar-refractivity contribution in [2.75, 3.05) is 59.4 Å². The standard InChI is InChI=1S/C21H34BrN5/c1-3-23-20(24-10-13-27-12-5-11-26(2)14-15-27)25-17-21(8-9-21)18-6-4-7-19(22)16-18/h4,6-7,16H,3,5,8-15,17H2,1-2H3,(H2,23,24,25). The smallest absolute Gasteiger partial charge is 0.191 e. The van der Waals surface area contributed by atoms with Crippen molar-refractivity contribution in [2.24, 2.45) is 4.99 Å². The maximum absolute atomic E-state index is 4.92. The van der Waals surface area contributed by atoms with Crippen molar-refractivity contribution >= 4 is 21.9 Å². The van der Waals surface area contributed by atoms with E-state index in [-0.39, 0.29) is 5.41 Å². The van der Waals surface area contributed by atoms with Crippen molar-refractivity contribution in [1.29, 1.82) is 0 Å². The van der Waals surface area contributed by atoms with Crippen LogP contribution in [-0.4, -0.2) is 75.2 Å². The lowest BCUT2D eigenvalue weighted by Gasteiger charge is -2.21. The Kier molecular flexibility index (Phi) is 7.56. The van der Waals surface area contributed by atoms with E-state index in [9.17, 15) is 0 Å². The van der Waals surface area contributed by atoms with Gasteiger partial charge in [-0.15, -0.1) is 0 Å². The number of rotatable bonds is 7. The molecule has 0 bridgehead atoms. The second kappa shape index (κ2) is 9.89.